The summed E-state index contributed by atoms with van der Waals surface area (Å²) < 4.78 is 27.3. The van der Waals surface area contributed by atoms with Gasteiger partial charge in [-0.05, 0) is 53.6 Å². The Bertz CT molecular complexity index is 1290. The van der Waals surface area contributed by atoms with Crippen LogP contribution in [0, 0.1) is 0 Å². The number of halogens is 3. The van der Waals surface area contributed by atoms with Crippen molar-refractivity contribution < 1.29 is 18.4 Å². The number of hydrogen-bond acceptors (Lipinski definition) is 4. The van der Waals surface area contributed by atoms with Crippen molar-refractivity contribution in [2.45, 2.75) is 24.7 Å². The van der Waals surface area contributed by atoms with Gasteiger partial charge in [-0.1, -0.05) is 48.0 Å². The highest BCUT2D eigenvalue weighted by atomic mass is 35.5. The minimum Gasteiger partial charge on any atom is -0.397 e. The number of alkyl halides is 2. The molecular formula is C29H29ClF2N4O2. The number of para-hydroxylation sites is 2. The van der Waals surface area contributed by atoms with Crippen molar-refractivity contribution >= 4 is 46.6 Å². The highest BCUT2D eigenvalue weighted by molar-refractivity contribution is 6.30. The van der Waals surface area contributed by atoms with Crippen molar-refractivity contribution in [2.75, 3.05) is 36.0 Å². The van der Waals surface area contributed by atoms with E-state index < -0.39 is 11.8 Å². The van der Waals surface area contributed by atoms with Gasteiger partial charge in [0.1, 0.15) is 0 Å². The van der Waals surface area contributed by atoms with E-state index in [0.717, 1.165) is 11.1 Å². The molecule has 0 aromatic heterocycles. The molecule has 0 spiro atoms. The Balaban J connectivity index is 1.46. The van der Waals surface area contributed by atoms with Gasteiger partial charge >= 0.3 is 0 Å². The maximum absolute atomic E-state index is 13.7. The molecule has 9 heteroatoms. The number of hydrogen-bond donors (Lipinski definition) is 3. The van der Waals surface area contributed by atoms with E-state index in [-0.39, 0.29) is 37.7 Å². The first-order valence-electron chi connectivity index (χ1n) is 12.3. The second kappa shape index (κ2) is 12.2. The number of amides is 2. The summed E-state index contributed by atoms with van der Waals surface area (Å²) in [6.45, 7) is 0.755. The lowest BCUT2D eigenvalue weighted by Crippen LogP contribution is -2.43. The van der Waals surface area contributed by atoms with E-state index in [9.17, 15) is 18.4 Å². The Labute approximate surface area is 225 Å². The molecule has 3 aromatic carbocycles. The Kier molecular flexibility index (Phi) is 8.76. The molecule has 4 rings (SSSR count). The maximum Gasteiger partial charge on any atom is 0.250 e. The van der Waals surface area contributed by atoms with Gasteiger partial charge in [0, 0.05) is 49.3 Å². The van der Waals surface area contributed by atoms with Crippen molar-refractivity contribution in [2.24, 2.45) is 0 Å². The fourth-order valence-electron chi connectivity index (χ4n) is 4.22. The molecule has 1 aliphatic heterocycles. The van der Waals surface area contributed by atoms with Crippen LogP contribution in [0.15, 0.2) is 78.9 Å². The lowest BCUT2D eigenvalue weighted by atomic mass is 9.94. The van der Waals surface area contributed by atoms with E-state index in [0.29, 0.717) is 28.6 Å². The van der Waals surface area contributed by atoms with E-state index in [4.69, 9.17) is 17.3 Å². The first-order valence-corrected chi connectivity index (χ1v) is 12.7. The van der Waals surface area contributed by atoms with Crippen LogP contribution in [0.4, 0.5) is 25.8 Å². The Morgan fingerprint density at radius 3 is 2.29 bits per heavy atom. The standard InChI is InChI=1S/C29H29ClF2N4O2/c30-22-10-12-23(13-11-22)34-28(38)24(19-36-17-15-29(31,32)16-18-36)21-8-5-20(6-9-21)7-14-27(37)35-26-4-2-1-3-25(26)33/h1-14,24H,15-19,33H2,(H,34,38)(H,35,37). The molecule has 198 valence electrons. The number of anilines is 3. The maximum atomic E-state index is 13.7. The predicted molar refractivity (Wildman–Crippen MR) is 148 cm³/mol. The largest absolute Gasteiger partial charge is 0.397 e. The second-order valence-electron chi connectivity index (χ2n) is 9.28. The molecule has 1 heterocycles. The summed E-state index contributed by atoms with van der Waals surface area (Å²) in [5.74, 6) is -3.81. The minimum absolute atomic E-state index is 0.222. The SMILES string of the molecule is Nc1ccccc1NC(=O)C=Cc1ccc(C(CN2CCC(F)(F)CC2)C(=O)Nc2ccc(Cl)cc2)cc1. The summed E-state index contributed by atoms with van der Waals surface area (Å²) in [7, 11) is 0. The molecule has 0 radical (unpaired) electrons. The quantitative estimate of drug-likeness (QED) is 0.241. The number of nitrogens with one attached hydrogen (secondary N) is 2. The molecular weight excluding hydrogens is 510 g/mol. The van der Waals surface area contributed by atoms with Crippen LogP contribution < -0.4 is 16.4 Å². The van der Waals surface area contributed by atoms with Crippen molar-refractivity contribution in [3.05, 3.63) is 95.0 Å². The molecule has 1 atom stereocenters. The number of carbonyl (C=O) groups excluding carboxylic acids is 2. The monoisotopic (exact) mass is 538 g/mol. The van der Waals surface area contributed by atoms with Gasteiger partial charge in [0.2, 0.25) is 11.8 Å². The molecule has 1 fully saturated rings. The van der Waals surface area contributed by atoms with Gasteiger partial charge in [0.05, 0.1) is 17.3 Å². The zero-order chi connectivity index (χ0) is 27.1. The highest BCUT2D eigenvalue weighted by Gasteiger charge is 2.35. The normalized spacial score (nSPS) is 16.2. The molecule has 0 bridgehead atoms. The highest BCUT2D eigenvalue weighted by Crippen LogP contribution is 2.30. The number of piperidine rings is 1. The van der Waals surface area contributed by atoms with Crippen LogP contribution in [0.1, 0.15) is 29.9 Å². The first-order chi connectivity index (χ1) is 18.2. The minimum atomic E-state index is -2.66. The predicted octanol–water partition coefficient (Wildman–Crippen LogP) is 6.03. The third kappa shape index (κ3) is 7.63. The third-order valence-electron chi connectivity index (χ3n) is 6.44. The van der Waals surface area contributed by atoms with Gasteiger partial charge in [0.25, 0.3) is 5.92 Å². The smallest absolute Gasteiger partial charge is 0.250 e. The lowest BCUT2D eigenvalue weighted by molar-refractivity contribution is -0.118. The van der Waals surface area contributed by atoms with E-state index in [1.807, 2.05) is 29.2 Å². The van der Waals surface area contributed by atoms with E-state index in [2.05, 4.69) is 10.6 Å². The average Bonchev–Trinajstić information content (AvgIpc) is 2.90. The molecule has 3 aromatic rings. The number of nitrogen functional groups attached to an aromatic ring is 1. The number of nitrogens with zero attached hydrogens (tertiary/aromatic N) is 1. The van der Waals surface area contributed by atoms with Crippen molar-refractivity contribution in [1.82, 2.24) is 4.90 Å². The Morgan fingerprint density at radius 2 is 1.63 bits per heavy atom. The Hall–Kier alpha value is -3.75. The zero-order valence-corrected chi connectivity index (χ0v) is 21.4. The molecule has 1 saturated heterocycles. The van der Waals surface area contributed by atoms with E-state index in [1.165, 1.54) is 6.08 Å². The van der Waals surface area contributed by atoms with Crippen LogP contribution in [-0.2, 0) is 9.59 Å². The van der Waals surface area contributed by atoms with Crippen LogP contribution in [0.25, 0.3) is 6.08 Å². The summed E-state index contributed by atoms with van der Waals surface area (Å²) in [5, 5.41) is 6.19. The third-order valence-corrected chi connectivity index (χ3v) is 6.69. The Morgan fingerprint density at radius 1 is 0.974 bits per heavy atom. The first kappa shape index (κ1) is 27.3. The van der Waals surface area contributed by atoms with Gasteiger partial charge in [-0.3, -0.25) is 9.59 Å². The molecule has 1 aliphatic rings. The lowest BCUT2D eigenvalue weighted by Gasteiger charge is -2.33. The van der Waals surface area contributed by atoms with Crippen LogP contribution in [-0.4, -0.2) is 42.3 Å². The molecule has 38 heavy (non-hydrogen) atoms. The van der Waals surface area contributed by atoms with Crippen molar-refractivity contribution in [3.8, 4) is 0 Å². The van der Waals surface area contributed by atoms with Gasteiger partial charge in [-0.2, -0.15) is 0 Å². The van der Waals surface area contributed by atoms with Gasteiger partial charge in [-0.15, -0.1) is 0 Å². The molecule has 4 N–H and O–H groups in total. The summed E-state index contributed by atoms with van der Waals surface area (Å²) in [6, 6.07) is 21.0. The van der Waals surface area contributed by atoms with Crippen LogP contribution in [0.3, 0.4) is 0 Å². The number of carbonyl (C=O) groups is 2. The summed E-state index contributed by atoms with van der Waals surface area (Å²) in [4.78, 5) is 27.5. The second-order valence-corrected chi connectivity index (χ2v) is 9.72. The number of benzene rings is 3. The molecule has 2 amide bonds. The number of rotatable bonds is 8. The number of likely N-dealkylation sites (tertiary alicyclic amines) is 1. The molecule has 6 nitrogen and oxygen atoms in total. The van der Waals surface area contributed by atoms with E-state index >= 15 is 0 Å². The van der Waals surface area contributed by atoms with E-state index in [1.54, 1.807) is 54.6 Å². The van der Waals surface area contributed by atoms with Gasteiger partial charge < -0.3 is 21.3 Å². The zero-order valence-electron chi connectivity index (χ0n) is 20.7. The van der Waals surface area contributed by atoms with Gasteiger partial charge in [0.15, 0.2) is 0 Å². The summed E-state index contributed by atoms with van der Waals surface area (Å²) >= 11 is 5.95. The van der Waals surface area contributed by atoms with Gasteiger partial charge in [-0.25, -0.2) is 8.78 Å². The summed E-state index contributed by atoms with van der Waals surface area (Å²) in [5.41, 5.74) is 8.97. The van der Waals surface area contributed by atoms with Crippen LogP contribution >= 0.6 is 11.6 Å². The number of nitrogens with two attached hydrogens (primary N) is 1. The molecule has 1 unspecified atom stereocenters. The van der Waals surface area contributed by atoms with Crippen molar-refractivity contribution in [1.29, 1.82) is 0 Å². The topological polar surface area (TPSA) is 87.5 Å². The fourth-order valence-corrected chi connectivity index (χ4v) is 4.35. The average molecular weight is 539 g/mol. The molecule has 0 aliphatic carbocycles. The fraction of sp³-hybridized carbons (Fsp3) is 0.241. The molecule has 0 saturated carbocycles. The van der Waals surface area contributed by atoms with Crippen LogP contribution in [0.5, 0.6) is 0 Å². The summed E-state index contributed by atoms with van der Waals surface area (Å²) in [6.07, 6.45) is 2.62. The van der Waals surface area contributed by atoms with Crippen molar-refractivity contribution in [3.63, 3.8) is 0 Å². The van der Waals surface area contributed by atoms with Crippen LogP contribution in [0.2, 0.25) is 5.02 Å².